The van der Waals surface area contributed by atoms with E-state index in [0.29, 0.717) is 11.8 Å². The van der Waals surface area contributed by atoms with Crippen molar-refractivity contribution in [1.82, 2.24) is 0 Å². The van der Waals surface area contributed by atoms with Crippen LogP contribution in [0.3, 0.4) is 0 Å². The molecule has 2 heteroatoms. The number of hydrogen-bond donors (Lipinski definition) is 0. The van der Waals surface area contributed by atoms with Gasteiger partial charge in [0.05, 0.1) is 0 Å². The number of nitrogens with zero attached hydrogens (tertiary/aromatic N) is 1. The Morgan fingerprint density at radius 2 is 1.63 bits per heavy atom. The van der Waals surface area contributed by atoms with Gasteiger partial charge in [-0.05, 0) is 0 Å². The number of benzene rings is 1. The summed E-state index contributed by atoms with van der Waals surface area (Å²) in [6.45, 7) is 11.5. The second kappa shape index (κ2) is 8.94. The molecule has 0 aliphatic carbocycles. The number of rotatable bonds is 7. The molecule has 0 saturated carbocycles. The summed E-state index contributed by atoms with van der Waals surface area (Å²) < 4.78 is 4.04. The summed E-state index contributed by atoms with van der Waals surface area (Å²) in [6.07, 6.45) is 6.02. The van der Waals surface area contributed by atoms with Gasteiger partial charge >= 0.3 is 171 Å². The molecule has 0 N–H and O–H groups in total. The molecule has 0 saturated heterocycles. The van der Waals surface area contributed by atoms with Gasteiger partial charge in [-0.2, -0.15) is 0 Å². The maximum atomic E-state index is 2.54. The molecular formula is C25H40GeN+. The second-order valence-corrected chi connectivity index (χ2v) is 20.2. The zero-order valence-corrected chi connectivity index (χ0v) is 21.2. The summed E-state index contributed by atoms with van der Waals surface area (Å²) in [6, 6.07) is 9.66. The monoisotopic (exact) mass is 428 g/mol. The van der Waals surface area contributed by atoms with Gasteiger partial charge in [0.15, 0.2) is 0 Å². The number of aromatic nitrogens is 1. The number of hydrogen-bond acceptors (Lipinski definition) is 0. The van der Waals surface area contributed by atoms with E-state index in [0.717, 1.165) is 0 Å². The van der Waals surface area contributed by atoms with Crippen LogP contribution in [0.5, 0.6) is 0 Å². The van der Waals surface area contributed by atoms with Crippen LogP contribution < -0.4 is 8.96 Å². The summed E-state index contributed by atoms with van der Waals surface area (Å²) in [4.78, 5) is 0. The molecular weight excluding hydrogens is 387 g/mol. The molecule has 1 aromatic heterocycles. The standard InChI is InChI=1S/C25H40GeN/c1-10-20(11-2)21-13-12-19(5)23(15-21)25-16-24(26(6,7)8)22(14-18(3)4)17-27(25)9/h12-13,15-18,20H,10-11,14H2,1-9H3/q+1. The summed E-state index contributed by atoms with van der Waals surface area (Å²) in [5.74, 6) is 8.93. The van der Waals surface area contributed by atoms with Gasteiger partial charge in [0, 0.05) is 0 Å². The zero-order chi connectivity index (χ0) is 20.4. The minimum absolute atomic E-state index is 0.662. The third kappa shape index (κ3) is 5.25. The first-order valence-electron chi connectivity index (χ1n) is 10.7. The third-order valence-corrected chi connectivity index (χ3v) is 10.2. The van der Waals surface area contributed by atoms with Crippen LogP contribution >= 0.6 is 0 Å². The van der Waals surface area contributed by atoms with Crippen molar-refractivity contribution in [1.29, 1.82) is 0 Å². The van der Waals surface area contributed by atoms with E-state index in [4.69, 9.17) is 0 Å². The summed E-state index contributed by atoms with van der Waals surface area (Å²) >= 11 is -1.96. The van der Waals surface area contributed by atoms with Gasteiger partial charge in [-0.25, -0.2) is 0 Å². The first-order chi connectivity index (χ1) is 12.6. The van der Waals surface area contributed by atoms with E-state index in [9.17, 15) is 0 Å². The molecule has 0 atom stereocenters. The molecule has 0 aliphatic rings. The fraction of sp³-hybridized carbons (Fsp3) is 0.560. The molecule has 0 amide bonds. The first-order valence-corrected chi connectivity index (χ1v) is 18.1. The molecule has 1 aromatic carbocycles. The SMILES string of the molecule is CCC(CC)c1ccc(C)c(-c2c[c]([Ge]([CH3])([CH3])[CH3])c(CC(C)C)c[n+]2C)c1. The average molecular weight is 427 g/mol. The van der Waals surface area contributed by atoms with Crippen molar-refractivity contribution in [2.24, 2.45) is 13.0 Å². The molecule has 0 spiro atoms. The third-order valence-electron chi connectivity index (χ3n) is 5.79. The Morgan fingerprint density at radius 3 is 2.15 bits per heavy atom. The van der Waals surface area contributed by atoms with Crippen molar-refractivity contribution in [3.8, 4) is 11.3 Å². The molecule has 148 valence electrons. The van der Waals surface area contributed by atoms with E-state index in [1.54, 1.807) is 9.96 Å². The van der Waals surface area contributed by atoms with Crippen LogP contribution in [0.2, 0.25) is 17.3 Å². The molecule has 0 unspecified atom stereocenters. The molecule has 2 aromatic rings. The van der Waals surface area contributed by atoms with Crippen LogP contribution in [0.1, 0.15) is 63.1 Å². The van der Waals surface area contributed by atoms with Crippen LogP contribution in [-0.2, 0) is 13.5 Å². The normalized spacial score (nSPS) is 12.3. The van der Waals surface area contributed by atoms with Crippen molar-refractivity contribution in [2.75, 3.05) is 0 Å². The van der Waals surface area contributed by atoms with E-state index in [1.807, 2.05) is 0 Å². The predicted molar refractivity (Wildman–Crippen MR) is 123 cm³/mol. The maximum absolute atomic E-state index is 2.54. The topological polar surface area (TPSA) is 3.88 Å². The van der Waals surface area contributed by atoms with Crippen LogP contribution in [0.25, 0.3) is 11.3 Å². The summed E-state index contributed by atoms with van der Waals surface area (Å²) in [7, 11) is 2.22. The van der Waals surface area contributed by atoms with Crippen LogP contribution in [0.4, 0.5) is 0 Å². The van der Waals surface area contributed by atoms with E-state index in [2.05, 4.69) is 94.0 Å². The van der Waals surface area contributed by atoms with E-state index in [-0.39, 0.29) is 0 Å². The van der Waals surface area contributed by atoms with E-state index < -0.39 is 13.3 Å². The minimum atomic E-state index is -1.96. The molecule has 0 aliphatic heterocycles. The van der Waals surface area contributed by atoms with Crippen molar-refractivity contribution in [2.45, 2.75) is 77.1 Å². The molecule has 0 bridgehead atoms. The van der Waals surface area contributed by atoms with E-state index in [1.165, 1.54) is 41.6 Å². The van der Waals surface area contributed by atoms with Crippen molar-refractivity contribution in [3.05, 3.63) is 47.2 Å². The van der Waals surface area contributed by atoms with Gasteiger partial charge in [0.2, 0.25) is 0 Å². The molecule has 0 fully saturated rings. The van der Waals surface area contributed by atoms with E-state index >= 15 is 0 Å². The average Bonchev–Trinajstić information content (AvgIpc) is 2.56. The van der Waals surface area contributed by atoms with Crippen LogP contribution in [-0.4, -0.2) is 13.3 Å². The van der Waals surface area contributed by atoms with Gasteiger partial charge < -0.3 is 0 Å². The number of pyridine rings is 1. The number of aryl methyl sites for hydroxylation is 2. The predicted octanol–water partition coefficient (Wildman–Crippen LogP) is 6.13. The Labute approximate surface area is 170 Å². The van der Waals surface area contributed by atoms with Gasteiger partial charge in [0.1, 0.15) is 0 Å². The molecule has 27 heavy (non-hydrogen) atoms. The van der Waals surface area contributed by atoms with Crippen molar-refractivity contribution >= 4 is 17.7 Å². The molecule has 1 heterocycles. The Bertz CT molecular complexity index is 780. The van der Waals surface area contributed by atoms with Gasteiger partial charge in [0.25, 0.3) is 0 Å². The van der Waals surface area contributed by atoms with Gasteiger partial charge in [-0.15, -0.1) is 0 Å². The van der Waals surface area contributed by atoms with Crippen molar-refractivity contribution in [3.63, 3.8) is 0 Å². The van der Waals surface area contributed by atoms with Crippen molar-refractivity contribution < 1.29 is 4.57 Å². The van der Waals surface area contributed by atoms with Crippen LogP contribution in [0.15, 0.2) is 30.5 Å². The quantitative estimate of drug-likeness (QED) is 0.370. The Kier molecular flexibility index (Phi) is 7.35. The van der Waals surface area contributed by atoms with Crippen LogP contribution in [0, 0.1) is 12.8 Å². The Hall–Kier alpha value is -1.09. The molecule has 2 rings (SSSR count). The first kappa shape index (κ1) is 22.2. The second-order valence-electron chi connectivity index (χ2n) is 9.64. The fourth-order valence-corrected chi connectivity index (χ4v) is 7.77. The van der Waals surface area contributed by atoms with Gasteiger partial charge in [-0.1, -0.05) is 0 Å². The summed E-state index contributed by atoms with van der Waals surface area (Å²) in [5.41, 5.74) is 7.22. The Balaban J connectivity index is 2.67. The molecule has 0 radical (unpaired) electrons. The summed E-state index contributed by atoms with van der Waals surface area (Å²) in [5, 5.41) is 0. The fourth-order valence-electron chi connectivity index (χ4n) is 4.20. The molecule has 1 nitrogen and oxygen atoms in total. The Morgan fingerprint density at radius 1 is 1.00 bits per heavy atom. The van der Waals surface area contributed by atoms with Gasteiger partial charge in [-0.3, -0.25) is 0 Å². The zero-order valence-electron chi connectivity index (χ0n) is 19.1.